The number of rotatable bonds is 5. The van der Waals surface area contributed by atoms with Gasteiger partial charge in [0.25, 0.3) is 0 Å². The van der Waals surface area contributed by atoms with Crippen LogP contribution in [0.4, 0.5) is 10.1 Å². The van der Waals surface area contributed by atoms with Crippen LogP contribution < -0.4 is 10.6 Å². The fraction of sp³-hybridized carbons (Fsp3) is 0.579. The van der Waals surface area contributed by atoms with E-state index in [9.17, 15) is 14.0 Å². The predicted octanol–water partition coefficient (Wildman–Crippen LogP) is 2.37. The molecule has 0 radical (unpaired) electrons. The fourth-order valence-electron chi connectivity index (χ4n) is 3.56. The molecule has 156 valence electrons. The lowest BCUT2D eigenvalue weighted by molar-refractivity contribution is -0.132. The summed E-state index contributed by atoms with van der Waals surface area (Å²) in [6.45, 7) is 5.65. The Morgan fingerprint density at radius 3 is 2.50 bits per heavy atom. The molecule has 0 atom stereocenters. The van der Waals surface area contributed by atoms with Crippen molar-refractivity contribution < 1.29 is 14.0 Å². The van der Waals surface area contributed by atoms with Crippen molar-refractivity contribution in [2.45, 2.75) is 19.3 Å². The lowest BCUT2D eigenvalue weighted by atomic mass is 9.95. The highest BCUT2D eigenvalue weighted by Gasteiger charge is 2.26. The first kappa shape index (κ1) is 22.9. The number of nitrogens with zero attached hydrogens (tertiary/aromatic N) is 2. The summed E-state index contributed by atoms with van der Waals surface area (Å²) in [5.41, 5.74) is 0.510. The molecule has 2 saturated heterocycles. The Hall–Kier alpha value is -1.41. The minimum Gasteiger partial charge on any atom is -0.340 e. The first-order valence-corrected chi connectivity index (χ1v) is 9.87. The molecule has 2 aliphatic rings. The Kier molecular flexibility index (Phi) is 8.95. The second kappa shape index (κ2) is 11.0. The van der Waals surface area contributed by atoms with E-state index in [1.807, 2.05) is 4.90 Å². The minimum atomic E-state index is -0.502. The van der Waals surface area contributed by atoms with Crippen molar-refractivity contribution in [3.8, 4) is 0 Å². The predicted molar refractivity (Wildman–Crippen MR) is 111 cm³/mol. The minimum absolute atomic E-state index is 0. The van der Waals surface area contributed by atoms with Crippen LogP contribution in [0.1, 0.15) is 19.3 Å². The number of nitrogens with one attached hydrogen (secondary N) is 2. The topological polar surface area (TPSA) is 64.7 Å². The van der Waals surface area contributed by atoms with E-state index in [-0.39, 0.29) is 35.2 Å². The molecule has 1 aromatic carbocycles. The molecule has 6 nitrogen and oxygen atoms in total. The number of carbonyl (C=O) groups is 2. The number of piperazine rings is 1. The third kappa shape index (κ3) is 6.30. The zero-order valence-corrected chi connectivity index (χ0v) is 17.3. The molecule has 2 N–H and O–H groups in total. The van der Waals surface area contributed by atoms with Gasteiger partial charge >= 0.3 is 0 Å². The number of carbonyl (C=O) groups excluding carboxylic acids is 2. The Bertz CT molecular complexity index is 678. The summed E-state index contributed by atoms with van der Waals surface area (Å²) in [5.74, 6) is -0.425. The maximum atomic E-state index is 13.2. The summed E-state index contributed by atoms with van der Waals surface area (Å²) in [6.07, 6.45) is 2.04. The summed E-state index contributed by atoms with van der Waals surface area (Å²) in [4.78, 5) is 28.8. The number of likely N-dealkylation sites (tertiary alicyclic amines) is 1. The average molecular weight is 433 g/mol. The quantitative estimate of drug-likeness (QED) is 0.749. The van der Waals surface area contributed by atoms with Crippen molar-refractivity contribution >= 4 is 41.5 Å². The second-order valence-electron chi connectivity index (χ2n) is 7.11. The highest BCUT2D eigenvalue weighted by atomic mass is 35.5. The Labute approximate surface area is 176 Å². The summed E-state index contributed by atoms with van der Waals surface area (Å²) >= 11 is 5.75. The maximum Gasteiger partial charge on any atom is 0.227 e. The van der Waals surface area contributed by atoms with Crippen LogP contribution in [0.5, 0.6) is 0 Å². The third-order valence-corrected chi connectivity index (χ3v) is 5.55. The molecule has 0 aromatic heterocycles. The molecular weight excluding hydrogens is 406 g/mol. The van der Waals surface area contributed by atoms with Crippen LogP contribution in [0.15, 0.2) is 18.2 Å². The molecule has 3 rings (SSSR count). The molecule has 2 fully saturated rings. The van der Waals surface area contributed by atoms with E-state index in [2.05, 4.69) is 15.5 Å². The smallest absolute Gasteiger partial charge is 0.227 e. The van der Waals surface area contributed by atoms with Gasteiger partial charge in [-0.15, -0.1) is 12.4 Å². The van der Waals surface area contributed by atoms with Crippen molar-refractivity contribution in [3.05, 3.63) is 29.0 Å². The largest absolute Gasteiger partial charge is 0.340 e. The second-order valence-corrected chi connectivity index (χ2v) is 7.52. The van der Waals surface area contributed by atoms with Gasteiger partial charge in [0, 0.05) is 50.7 Å². The van der Waals surface area contributed by atoms with Gasteiger partial charge in [0.15, 0.2) is 0 Å². The van der Waals surface area contributed by atoms with E-state index in [0.717, 1.165) is 58.7 Å². The monoisotopic (exact) mass is 432 g/mol. The van der Waals surface area contributed by atoms with Crippen LogP contribution >= 0.6 is 24.0 Å². The standard InChI is InChI=1S/C19H26ClFN4O2.ClH/c20-16-13-15(1-2-17(16)21)23-19(27)14-3-8-24(9-4-14)10-5-18(26)25-11-6-22-7-12-25;/h1-2,13-14,22H,3-12H2,(H,23,27);1H. The van der Waals surface area contributed by atoms with E-state index < -0.39 is 5.82 Å². The van der Waals surface area contributed by atoms with Gasteiger partial charge in [-0.2, -0.15) is 0 Å². The average Bonchev–Trinajstić information content (AvgIpc) is 2.70. The van der Waals surface area contributed by atoms with E-state index in [0.29, 0.717) is 12.1 Å². The molecule has 2 heterocycles. The first-order chi connectivity index (χ1) is 13.0. The number of hydrogen-bond donors (Lipinski definition) is 2. The van der Waals surface area contributed by atoms with Crippen molar-refractivity contribution in [2.24, 2.45) is 5.92 Å². The van der Waals surface area contributed by atoms with Gasteiger partial charge in [-0.1, -0.05) is 11.6 Å². The molecule has 0 unspecified atom stereocenters. The van der Waals surface area contributed by atoms with E-state index in [1.165, 1.54) is 18.2 Å². The summed E-state index contributed by atoms with van der Waals surface area (Å²) < 4.78 is 13.2. The van der Waals surface area contributed by atoms with Crippen LogP contribution in [0.2, 0.25) is 5.02 Å². The zero-order valence-electron chi connectivity index (χ0n) is 15.8. The highest BCUT2D eigenvalue weighted by molar-refractivity contribution is 6.31. The van der Waals surface area contributed by atoms with E-state index in [1.54, 1.807) is 0 Å². The molecule has 0 aliphatic carbocycles. The summed E-state index contributed by atoms with van der Waals surface area (Å²) in [6, 6.07) is 4.18. The highest BCUT2D eigenvalue weighted by Crippen LogP contribution is 2.23. The van der Waals surface area contributed by atoms with Gasteiger partial charge < -0.3 is 20.4 Å². The molecule has 0 saturated carbocycles. The van der Waals surface area contributed by atoms with E-state index in [4.69, 9.17) is 11.6 Å². The van der Waals surface area contributed by atoms with Gasteiger partial charge in [-0.05, 0) is 44.1 Å². The van der Waals surface area contributed by atoms with Gasteiger partial charge in [-0.25, -0.2) is 4.39 Å². The lowest BCUT2D eigenvalue weighted by Crippen LogP contribution is -2.47. The van der Waals surface area contributed by atoms with Crippen LogP contribution in [0.3, 0.4) is 0 Å². The van der Waals surface area contributed by atoms with E-state index >= 15 is 0 Å². The van der Waals surface area contributed by atoms with Gasteiger partial charge in [0.05, 0.1) is 5.02 Å². The van der Waals surface area contributed by atoms with Crippen molar-refractivity contribution in [1.29, 1.82) is 0 Å². The molecule has 28 heavy (non-hydrogen) atoms. The molecule has 1 aromatic rings. The SMILES string of the molecule is Cl.O=C(Nc1ccc(F)c(Cl)c1)C1CCN(CCC(=O)N2CCNCC2)CC1. The van der Waals surface area contributed by atoms with Gasteiger partial charge in [0.2, 0.25) is 11.8 Å². The molecular formula is C19H27Cl2FN4O2. The molecule has 0 spiro atoms. The molecule has 2 amide bonds. The van der Waals surface area contributed by atoms with Gasteiger partial charge in [-0.3, -0.25) is 9.59 Å². The Balaban J connectivity index is 0.00000280. The Morgan fingerprint density at radius 2 is 1.86 bits per heavy atom. The summed E-state index contributed by atoms with van der Waals surface area (Å²) in [5, 5.41) is 6.06. The number of amides is 2. The first-order valence-electron chi connectivity index (χ1n) is 9.49. The number of hydrogen-bond acceptors (Lipinski definition) is 4. The molecule has 0 bridgehead atoms. The van der Waals surface area contributed by atoms with Crippen molar-refractivity contribution in [3.63, 3.8) is 0 Å². The normalized spacial score (nSPS) is 18.4. The number of piperidine rings is 1. The molecule has 9 heteroatoms. The van der Waals surface area contributed by atoms with Crippen molar-refractivity contribution in [2.75, 3.05) is 51.1 Å². The number of benzene rings is 1. The van der Waals surface area contributed by atoms with Crippen LogP contribution in [-0.4, -0.2) is 67.4 Å². The zero-order chi connectivity index (χ0) is 19.2. The maximum absolute atomic E-state index is 13.2. The van der Waals surface area contributed by atoms with Crippen molar-refractivity contribution in [1.82, 2.24) is 15.1 Å². The van der Waals surface area contributed by atoms with Crippen LogP contribution in [0, 0.1) is 11.7 Å². The summed E-state index contributed by atoms with van der Waals surface area (Å²) in [7, 11) is 0. The lowest BCUT2D eigenvalue weighted by Gasteiger charge is -2.32. The third-order valence-electron chi connectivity index (χ3n) is 5.26. The number of halogens is 3. The van der Waals surface area contributed by atoms with Crippen LogP contribution in [0.25, 0.3) is 0 Å². The Morgan fingerprint density at radius 1 is 1.18 bits per heavy atom. The van der Waals surface area contributed by atoms with Gasteiger partial charge in [0.1, 0.15) is 5.82 Å². The molecule has 2 aliphatic heterocycles. The number of anilines is 1. The van der Waals surface area contributed by atoms with Crippen LogP contribution in [-0.2, 0) is 9.59 Å². The fourth-order valence-corrected chi connectivity index (χ4v) is 3.74.